The molecule has 0 radical (unpaired) electrons. The lowest BCUT2D eigenvalue weighted by molar-refractivity contribution is -0.114. The second-order valence-electron chi connectivity index (χ2n) is 4.88. The Hall–Kier alpha value is -1.81. The molecule has 3 nitrogen and oxygen atoms in total. The van der Waals surface area contributed by atoms with Gasteiger partial charge in [0.25, 0.3) is 0 Å². The van der Waals surface area contributed by atoms with Gasteiger partial charge in [0.05, 0.1) is 6.54 Å². The van der Waals surface area contributed by atoms with Crippen LogP contribution in [0.1, 0.15) is 18.1 Å². The first-order valence-corrected chi connectivity index (χ1v) is 7.77. The van der Waals surface area contributed by atoms with Crippen molar-refractivity contribution in [2.75, 3.05) is 17.2 Å². The maximum atomic E-state index is 12.0. The van der Waals surface area contributed by atoms with Gasteiger partial charge in [-0.25, -0.2) is 0 Å². The van der Waals surface area contributed by atoms with E-state index in [1.54, 1.807) is 0 Å². The first kappa shape index (κ1) is 15.6. The van der Waals surface area contributed by atoms with Crippen molar-refractivity contribution in [3.05, 3.63) is 58.1 Å². The monoisotopic (exact) mass is 346 g/mol. The number of halogens is 1. The van der Waals surface area contributed by atoms with Crippen molar-refractivity contribution in [2.45, 2.75) is 20.3 Å². The third-order valence-corrected chi connectivity index (χ3v) is 4.15. The topological polar surface area (TPSA) is 41.1 Å². The summed E-state index contributed by atoms with van der Waals surface area (Å²) in [6, 6.07) is 13.8. The Morgan fingerprint density at radius 2 is 1.95 bits per heavy atom. The first-order chi connectivity index (χ1) is 10.1. The van der Waals surface area contributed by atoms with Crippen molar-refractivity contribution >= 4 is 33.2 Å². The molecule has 0 aliphatic carbocycles. The number of anilines is 2. The van der Waals surface area contributed by atoms with Crippen molar-refractivity contribution in [1.82, 2.24) is 0 Å². The van der Waals surface area contributed by atoms with E-state index in [1.165, 1.54) is 5.56 Å². The molecule has 110 valence electrons. The lowest BCUT2D eigenvalue weighted by Gasteiger charge is -2.11. The summed E-state index contributed by atoms with van der Waals surface area (Å²) in [5.74, 6) is -0.0485. The largest absolute Gasteiger partial charge is 0.376 e. The number of amides is 1. The van der Waals surface area contributed by atoms with Crippen molar-refractivity contribution in [3.63, 3.8) is 0 Å². The maximum Gasteiger partial charge on any atom is 0.243 e. The highest BCUT2D eigenvalue weighted by Crippen LogP contribution is 2.20. The smallest absolute Gasteiger partial charge is 0.243 e. The number of hydrogen-bond acceptors (Lipinski definition) is 2. The van der Waals surface area contributed by atoms with Crippen molar-refractivity contribution < 1.29 is 4.79 Å². The number of carbonyl (C=O) groups is 1. The third-order valence-electron chi connectivity index (χ3n) is 3.30. The van der Waals surface area contributed by atoms with E-state index in [0.29, 0.717) is 0 Å². The van der Waals surface area contributed by atoms with Crippen LogP contribution in [0.25, 0.3) is 0 Å². The van der Waals surface area contributed by atoms with Gasteiger partial charge in [0, 0.05) is 15.8 Å². The minimum absolute atomic E-state index is 0.0485. The number of nitrogens with one attached hydrogen (secondary N) is 2. The van der Waals surface area contributed by atoms with E-state index in [4.69, 9.17) is 0 Å². The predicted octanol–water partition coefficient (Wildman–Crippen LogP) is 4.37. The van der Waals surface area contributed by atoms with Gasteiger partial charge in [0.1, 0.15) is 0 Å². The standard InChI is InChI=1S/C17H19BrN2O/c1-3-13-6-4-5-7-16(13)20-17(21)11-19-14-9-8-12(2)15(18)10-14/h4-10,19H,3,11H2,1-2H3,(H,20,21). The predicted molar refractivity (Wildman–Crippen MR) is 91.8 cm³/mol. The zero-order valence-electron chi connectivity index (χ0n) is 12.2. The minimum atomic E-state index is -0.0485. The van der Waals surface area contributed by atoms with Crippen LogP contribution < -0.4 is 10.6 Å². The summed E-state index contributed by atoms with van der Waals surface area (Å²) in [7, 11) is 0. The number of rotatable bonds is 5. The summed E-state index contributed by atoms with van der Waals surface area (Å²) < 4.78 is 1.03. The molecule has 1 amide bonds. The third kappa shape index (κ3) is 4.33. The summed E-state index contributed by atoms with van der Waals surface area (Å²) in [5.41, 5.74) is 4.12. The van der Waals surface area contributed by atoms with Crippen molar-refractivity contribution in [2.24, 2.45) is 0 Å². The molecule has 21 heavy (non-hydrogen) atoms. The van der Waals surface area contributed by atoms with Crippen molar-refractivity contribution in [3.8, 4) is 0 Å². The number of benzene rings is 2. The van der Waals surface area contributed by atoms with E-state index in [9.17, 15) is 4.79 Å². The van der Waals surface area contributed by atoms with Gasteiger partial charge in [-0.2, -0.15) is 0 Å². The van der Waals surface area contributed by atoms with Crippen LogP contribution >= 0.6 is 15.9 Å². The molecule has 2 N–H and O–H groups in total. The van der Waals surface area contributed by atoms with Crippen LogP contribution in [-0.4, -0.2) is 12.5 Å². The van der Waals surface area contributed by atoms with Gasteiger partial charge in [0.2, 0.25) is 5.91 Å². The molecule has 2 aromatic rings. The summed E-state index contributed by atoms with van der Waals surface area (Å²) in [6.07, 6.45) is 0.898. The molecule has 0 aliphatic rings. The van der Waals surface area contributed by atoms with Crippen LogP contribution in [-0.2, 0) is 11.2 Å². The summed E-state index contributed by atoms with van der Waals surface area (Å²) in [5, 5.41) is 6.07. The second kappa shape index (κ2) is 7.27. The molecule has 0 fully saturated rings. The molecule has 0 unspecified atom stereocenters. The van der Waals surface area contributed by atoms with Crippen LogP contribution in [0.5, 0.6) is 0 Å². The SMILES string of the molecule is CCc1ccccc1NC(=O)CNc1ccc(C)c(Br)c1. The summed E-state index contributed by atoms with van der Waals surface area (Å²) in [4.78, 5) is 12.0. The normalized spacial score (nSPS) is 10.2. The fourth-order valence-corrected chi connectivity index (χ4v) is 2.41. The van der Waals surface area contributed by atoms with Gasteiger partial charge in [0.15, 0.2) is 0 Å². The van der Waals surface area contributed by atoms with Gasteiger partial charge < -0.3 is 10.6 Å². The molecule has 0 heterocycles. The number of hydrogen-bond donors (Lipinski definition) is 2. The Balaban J connectivity index is 1.94. The zero-order valence-corrected chi connectivity index (χ0v) is 13.8. The maximum absolute atomic E-state index is 12.0. The van der Waals surface area contributed by atoms with E-state index in [-0.39, 0.29) is 12.5 Å². The number of para-hydroxylation sites is 1. The molecule has 0 bridgehead atoms. The quantitative estimate of drug-likeness (QED) is 0.843. The molecule has 2 aromatic carbocycles. The highest BCUT2D eigenvalue weighted by Gasteiger charge is 2.05. The number of carbonyl (C=O) groups excluding carboxylic acids is 1. The summed E-state index contributed by atoms with van der Waals surface area (Å²) in [6.45, 7) is 4.35. The molecule has 2 rings (SSSR count). The van der Waals surface area contributed by atoms with E-state index in [2.05, 4.69) is 33.5 Å². The fraction of sp³-hybridized carbons (Fsp3) is 0.235. The fourth-order valence-electron chi connectivity index (χ4n) is 2.03. The van der Waals surface area contributed by atoms with E-state index in [0.717, 1.165) is 27.8 Å². The van der Waals surface area contributed by atoms with Crippen LogP contribution in [0.15, 0.2) is 46.9 Å². The lowest BCUT2D eigenvalue weighted by atomic mass is 10.1. The van der Waals surface area contributed by atoms with E-state index >= 15 is 0 Å². The Morgan fingerprint density at radius 1 is 1.19 bits per heavy atom. The zero-order chi connectivity index (χ0) is 15.2. The Kier molecular flexibility index (Phi) is 5.39. The Morgan fingerprint density at radius 3 is 2.67 bits per heavy atom. The Bertz CT molecular complexity index is 640. The van der Waals surface area contributed by atoms with Crippen LogP contribution in [0.4, 0.5) is 11.4 Å². The van der Waals surface area contributed by atoms with Gasteiger partial charge in [-0.3, -0.25) is 4.79 Å². The Labute approximate surface area is 133 Å². The molecular weight excluding hydrogens is 328 g/mol. The molecule has 0 aromatic heterocycles. The molecule has 0 saturated heterocycles. The number of aryl methyl sites for hydroxylation is 2. The van der Waals surface area contributed by atoms with E-state index < -0.39 is 0 Å². The van der Waals surface area contributed by atoms with Gasteiger partial charge >= 0.3 is 0 Å². The molecule has 0 atom stereocenters. The van der Waals surface area contributed by atoms with Crippen LogP contribution in [0, 0.1) is 6.92 Å². The van der Waals surface area contributed by atoms with Gasteiger partial charge in [-0.1, -0.05) is 47.1 Å². The van der Waals surface area contributed by atoms with E-state index in [1.807, 2.05) is 49.4 Å². The first-order valence-electron chi connectivity index (χ1n) is 6.98. The summed E-state index contributed by atoms with van der Waals surface area (Å²) >= 11 is 3.49. The van der Waals surface area contributed by atoms with Crippen LogP contribution in [0.2, 0.25) is 0 Å². The van der Waals surface area contributed by atoms with Gasteiger partial charge in [-0.05, 0) is 42.7 Å². The molecule has 4 heteroatoms. The minimum Gasteiger partial charge on any atom is -0.376 e. The average molecular weight is 347 g/mol. The molecule has 0 aliphatic heterocycles. The van der Waals surface area contributed by atoms with Crippen LogP contribution in [0.3, 0.4) is 0 Å². The second-order valence-corrected chi connectivity index (χ2v) is 5.73. The van der Waals surface area contributed by atoms with Crippen molar-refractivity contribution in [1.29, 1.82) is 0 Å². The lowest BCUT2D eigenvalue weighted by Crippen LogP contribution is -2.22. The molecular formula is C17H19BrN2O. The highest BCUT2D eigenvalue weighted by atomic mass is 79.9. The molecule has 0 spiro atoms. The highest BCUT2D eigenvalue weighted by molar-refractivity contribution is 9.10. The average Bonchev–Trinajstić information content (AvgIpc) is 2.49. The molecule has 0 saturated carbocycles. The van der Waals surface area contributed by atoms with Gasteiger partial charge in [-0.15, -0.1) is 0 Å².